The quantitative estimate of drug-likeness (QED) is 0.766. The molecule has 0 radical (unpaired) electrons. The Morgan fingerprint density at radius 1 is 1.18 bits per heavy atom. The molecule has 2 aromatic carbocycles. The number of hydrogen-bond donors (Lipinski definition) is 2. The highest BCUT2D eigenvalue weighted by molar-refractivity contribution is 7.22. The Hall–Kier alpha value is -2.54. The molecule has 0 unspecified atom stereocenters. The maximum Gasteiger partial charge on any atom is 0.335 e. The van der Waals surface area contributed by atoms with E-state index in [1.165, 1.54) is 23.5 Å². The maximum atomic E-state index is 13.1. The lowest BCUT2D eigenvalue weighted by atomic mass is 10.1. The summed E-state index contributed by atoms with van der Waals surface area (Å²) in [5.41, 5.74) is 1.49. The van der Waals surface area contributed by atoms with Crippen molar-refractivity contribution in [3.63, 3.8) is 0 Å². The second kappa shape index (κ2) is 5.69. The van der Waals surface area contributed by atoms with Crippen LogP contribution in [0.3, 0.4) is 0 Å². The SMILES string of the molecule is O=C(O)c1ccc(CNc2nc3cc(F)c(F)cc3s2)cc1. The van der Waals surface area contributed by atoms with Crippen LogP contribution in [0.5, 0.6) is 0 Å². The standard InChI is InChI=1S/C15H10F2N2O2S/c16-10-5-12-13(6-11(10)17)22-15(19-12)18-7-8-1-3-9(4-2-8)14(20)21/h1-6H,7H2,(H,18,19)(H,20,21). The molecule has 0 saturated carbocycles. The minimum atomic E-state index is -0.977. The van der Waals surface area contributed by atoms with Crippen LogP contribution in [0.25, 0.3) is 10.2 Å². The summed E-state index contributed by atoms with van der Waals surface area (Å²) in [6, 6.07) is 8.61. The lowest BCUT2D eigenvalue weighted by Gasteiger charge is -2.03. The fraction of sp³-hybridized carbons (Fsp3) is 0.0667. The predicted octanol–water partition coefficient (Wildman–Crippen LogP) is 3.88. The summed E-state index contributed by atoms with van der Waals surface area (Å²) in [5, 5.41) is 12.4. The van der Waals surface area contributed by atoms with Gasteiger partial charge in [-0.1, -0.05) is 23.5 Å². The molecule has 0 aliphatic rings. The number of nitrogens with zero attached hydrogens (tertiary/aromatic N) is 1. The van der Waals surface area contributed by atoms with E-state index in [0.29, 0.717) is 21.9 Å². The van der Waals surface area contributed by atoms with Gasteiger partial charge in [-0.2, -0.15) is 0 Å². The minimum Gasteiger partial charge on any atom is -0.478 e. The number of benzene rings is 2. The number of aromatic nitrogens is 1. The van der Waals surface area contributed by atoms with Crippen molar-refractivity contribution in [1.29, 1.82) is 0 Å². The molecule has 0 aliphatic carbocycles. The van der Waals surface area contributed by atoms with Crippen molar-refractivity contribution in [2.24, 2.45) is 0 Å². The molecule has 0 amide bonds. The summed E-state index contributed by atoms with van der Waals surface area (Å²) < 4.78 is 26.8. The average Bonchev–Trinajstić information content (AvgIpc) is 2.88. The Balaban J connectivity index is 1.74. The van der Waals surface area contributed by atoms with Gasteiger partial charge < -0.3 is 10.4 Å². The van der Waals surface area contributed by atoms with Gasteiger partial charge in [0.2, 0.25) is 0 Å². The molecule has 0 atom stereocenters. The first kappa shape index (κ1) is 14.4. The van der Waals surface area contributed by atoms with Crippen LogP contribution < -0.4 is 5.32 Å². The van der Waals surface area contributed by atoms with E-state index in [9.17, 15) is 13.6 Å². The monoisotopic (exact) mass is 320 g/mol. The number of rotatable bonds is 4. The highest BCUT2D eigenvalue weighted by Crippen LogP contribution is 2.28. The second-order valence-corrected chi connectivity index (χ2v) is 5.64. The van der Waals surface area contributed by atoms with Crippen molar-refractivity contribution in [2.45, 2.75) is 6.54 Å². The Kier molecular flexibility index (Phi) is 3.72. The van der Waals surface area contributed by atoms with E-state index in [2.05, 4.69) is 10.3 Å². The average molecular weight is 320 g/mol. The van der Waals surface area contributed by atoms with E-state index in [1.807, 2.05) is 0 Å². The number of nitrogens with one attached hydrogen (secondary N) is 1. The van der Waals surface area contributed by atoms with Crippen LogP contribution >= 0.6 is 11.3 Å². The van der Waals surface area contributed by atoms with E-state index >= 15 is 0 Å². The van der Waals surface area contributed by atoms with Gasteiger partial charge in [0.05, 0.1) is 15.8 Å². The highest BCUT2D eigenvalue weighted by atomic mass is 32.1. The molecule has 22 heavy (non-hydrogen) atoms. The van der Waals surface area contributed by atoms with Crippen molar-refractivity contribution in [3.05, 3.63) is 59.2 Å². The summed E-state index contributed by atoms with van der Waals surface area (Å²) in [6.07, 6.45) is 0. The zero-order chi connectivity index (χ0) is 15.7. The Morgan fingerprint density at radius 2 is 1.86 bits per heavy atom. The number of anilines is 1. The Morgan fingerprint density at radius 3 is 2.55 bits per heavy atom. The summed E-state index contributed by atoms with van der Waals surface area (Å²) in [6.45, 7) is 0.435. The van der Waals surface area contributed by atoms with E-state index in [1.54, 1.807) is 12.1 Å². The van der Waals surface area contributed by atoms with Gasteiger partial charge in [0.1, 0.15) is 0 Å². The van der Waals surface area contributed by atoms with Crippen molar-refractivity contribution >= 4 is 32.7 Å². The van der Waals surface area contributed by atoms with Crippen LogP contribution in [0.1, 0.15) is 15.9 Å². The first-order chi connectivity index (χ1) is 10.5. The number of halogens is 2. The van der Waals surface area contributed by atoms with Crippen LogP contribution in [0.15, 0.2) is 36.4 Å². The van der Waals surface area contributed by atoms with Gasteiger partial charge in [0.15, 0.2) is 16.8 Å². The lowest BCUT2D eigenvalue weighted by Crippen LogP contribution is -2.00. The van der Waals surface area contributed by atoms with Gasteiger partial charge in [-0.25, -0.2) is 18.6 Å². The van der Waals surface area contributed by atoms with Crippen LogP contribution in [0, 0.1) is 11.6 Å². The lowest BCUT2D eigenvalue weighted by molar-refractivity contribution is 0.0697. The largest absolute Gasteiger partial charge is 0.478 e. The van der Waals surface area contributed by atoms with Gasteiger partial charge >= 0.3 is 5.97 Å². The minimum absolute atomic E-state index is 0.217. The van der Waals surface area contributed by atoms with E-state index in [4.69, 9.17) is 5.11 Å². The summed E-state index contributed by atoms with van der Waals surface area (Å²) in [7, 11) is 0. The topological polar surface area (TPSA) is 62.2 Å². The second-order valence-electron chi connectivity index (χ2n) is 4.61. The van der Waals surface area contributed by atoms with Crippen molar-refractivity contribution in [1.82, 2.24) is 4.98 Å². The van der Waals surface area contributed by atoms with Gasteiger partial charge in [-0.3, -0.25) is 0 Å². The number of carboxylic acid groups (broad SMARTS) is 1. The van der Waals surface area contributed by atoms with Crippen molar-refractivity contribution in [3.8, 4) is 0 Å². The number of carbonyl (C=O) groups is 1. The van der Waals surface area contributed by atoms with E-state index in [0.717, 1.165) is 17.7 Å². The van der Waals surface area contributed by atoms with Gasteiger partial charge in [-0.15, -0.1) is 0 Å². The fourth-order valence-corrected chi connectivity index (χ4v) is 2.81. The smallest absolute Gasteiger partial charge is 0.335 e. The third-order valence-electron chi connectivity index (χ3n) is 3.08. The first-order valence-corrected chi connectivity index (χ1v) is 7.16. The van der Waals surface area contributed by atoms with Crippen LogP contribution in [0.2, 0.25) is 0 Å². The summed E-state index contributed by atoms with van der Waals surface area (Å²) >= 11 is 1.22. The molecular weight excluding hydrogens is 310 g/mol. The Labute approximate surface area is 128 Å². The number of fused-ring (bicyclic) bond motifs is 1. The normalized spacial score (nSPS) is 10.8. The van der Waals surface area contributed by atoms with Crippen LogP contribution in [0.4, 0.5) is 13.9 Å². The molecule has 2 N–H and O–H groups in total. The first-order valence-electron chi connectivity index (χ1n) is 6.34. The molecule has 3 aromatic rings. The van der Waals surface area contributed by atoms with Crippen molar-refractivity contribution < 1.29 is 18.7 Å². The third kappa shape index (κ3) is 2.89. The molecule has 0 saturated heterocycles. The van der Waals surface area contributed by atoms with Gasteiger partial charge in [0.25, 0.3) is 0 Å². The zero-order valence-corrected chi connectivity index (χ0v) is 12.0. The highest BCUT2D eigenvalue weighted by Gasteiger charge is 2.09. The molecule has 7 heteroatoms. The molecule has 0 aliphatic heterocycles. The molecule has 1 heterocycles. The molecule has 0 bridgehead atoms. The zero-order valence-electron chi connectivity index (χ0n) is 11.1. The molecule has 0 spiro atoms. The molecule has 0 fully saturated rings. The molecule has 4 nitrogen and oxygen atoms in total. The van der Waals surface area contributed by atoms with Gasteiger partial charge in [-0.05, 0) is 23.8 Å². The van der Waals surface area contributed by atoms with E-state index in [-0.39, 0.29) is 5.56 Å². The van der Waals surface area contributed by atoms with Gasteiger partial charge in [0, 0.05) is 12.6 Å². The summed E-state index contributed by atoms with van der Waals surface area (Å²) in [5.74, 6) is -2.80. The Bertz CT molecular complexity index is 808. The molecule has 1 aromatic heterocycles. The number of hydrogen-bond acceptors (Lipinski definition) is 4. The van der Waals surface area contributed by atoms with E-state index < -0.39 is 17.6 Å². The summed E-state index contributed by atoms with van der Waals surface area (Å²) in [4.78, 5) is 14.9. The maximum absolute atomic E-state index is 13.1. The van der Waals surface area contributed by atoms with Crippen LogP contribution in [-0.2, 0) is 6.54 Å². The number of carboxylic acids is 1. The fourth-order valence-electron chi connectivity index (χ4n) is 1.94. The van der Waals surface area contributed by atoms with Crippen molar-refractivity contribution in [2.75, 3.05) is 5.32 Å². The molecule has 112 valence electrons. The molecular formula is C15H10F2N2O2S. The number of aromatic carboxylic acids is 1. The molecule has 3 rings (SSSR count). The third-order valence-corrected chi connectivity index (χ3v) is 4.05. The van der Waals surface area contributed by atoms with Crippen LogP contribution in [-0.4, -0.2) is 16.1 Å². The predicted molar refractivity (Wildman–Crippen MR) is 80.3 cm³/mol. The number of thiazole rings is 1.